The molecular formula is C22H25F3N2O5S. The van der Waals surface area contributed by atoms with Crippen LogP contribution in [-0.2, 0) is 25.7 Å². The van der Waals surface area contributed by atoms with Crippen molar-refractivity contribution >= 4 is 21.7 Å². The summed E-state index contributed by atoms with van der Waals surface area (Å²) >= 11 is 0. The van der Waals surface area contributed by atoms with Gasteiger partial charge < -0.3 is 14.7 Å². The molecule has 7 nitrogen and oxygen atoms in total. The molecular weight excluding hydrogens is 461 g/mol. The van der Waals surface area contributed by atoms with Gasteiger partial charge in [0.15, 0.2) is 11.0 Å². The maximum Gasteiger partial charge on any atom is 0.418 e. The van der Waals surface area contributed by atoms with E-state index in [0.717, 1.165) is 10.4 Å². The van der Waals surface area contributed by atoms with E-state index in [0.29, 0.717) is 0 Å². The molecule has 1 aliphatic heterocycles. The molecule has 1 aliphatic rings. The average molecular weight is 487 g/mol. The van der Waals surface area contributed by atoms with Crippen molar-refractivity contribution in [3.05, 3.63) is 65.7 Å². The maximum absolute atomic E-state index is 13.5. The predicted octanol–water partition coefficient (Wildman–Crippen LogP) is 3.74. The minimum Gasteiger partial charge on any atom is -0.479 e. The van der Waals surface area contributed by atoms with Crippen LogP contribution in [0.1, 0.15) is 30.4 Å². The van der Waals surface area contributed by atoms with Gasteiger partial charge >= 0.3 is 12.1 Å². The lowest BCUT2D eigenvalue weighted by Crippen LogP contribution is -2.51. The van der Waals surface area contributed by atoms with Crippen molar-refractivity contribution in [2.75, 3.05) is 31.1 Å². The number of para-hydroxylation sites is 1. The van der Waals surface area contributed by atoms with Crippen LogP contribution in [-0.4, -0.2) is 55.6 Å². The molecule has 2 aromatic rings. The van der Waals surface area contributed by atoms with Crippen molar-refractivity contribution in [1.82, 2.24) is 4.31 Å². The first-order valence-electron chi connectivity index (χ1n) is 10.2. The fourth-order valence-corrected chi connectivity index (χ4v) is 5.34. The first-order valence-corrected chi connectivity index (χ1v) is 11.7. The van der Waals surface area contributed by atoms with Gasteiger partial charge in [0, 0.05) is 31.9 Å². The van der Waals surface area contributed by atoms with E-state index in [2.05, 4.69) is 0 Å². The number of piperazine rings is 1. The van der Waals surface area contributed by atoms with E-state index in [1.165, 1.54) is 49.1 Å². The molecule has 1 fully saturated rings. The highest BCUT2D eigenvalue weighted by Gasteiger charge is 2.42. The summed E-state index contributed by atoms with van der Waals surface area (Å²) in [5, 5.41) is 9.43. The number of nitrogens with zero attached hydrogens (tertiary/aromatic N) is 2. The van der Waals surface area contributed by atoms with E-state index < -0.39 is 38.8 Å². The highest BCUT2D eigenvalue weighted by molar-refractivity contribution is 7.89. The van der Waals surface area contributed by atoms with Gasteiger partial charge in [-0.15, -0.1) is 0 Å². The zero-order chi connectivity index (χ0) is 24.4. The molecule has 1 heterocycles. The van der Waals surface area contributed by atoms with E-state index in [4.69, 9.17) is 4.74 Å². The molecule has 1 N–H and O–H groups in total. The molecule has 2 aromatic carbocycles. The number of sulfonamides is 1. The number of hydrogen-bond acceptors (Lipinski definition) is 5. The van der Waals surface area contributed by atoms with Crippen LogP contribution in [0.5, 0.6) is 0 Å². The number of hydrogen-bond donors (Lipinski definition) is 1. The zero-order valence-electron chi connectivity index (χ0n) is 18.1. The Bertz CT molecular complexity index is 1080. The maximum atomic E-state index is 13.5. The van der Waals surface area contributed by atoms with Crippen molar-refractivity contribution in [1.29, 1.82) is 0 Å². The number of carboxylic acid groups (broad SMARTS) is 1. The lowest BCUT2D eigenvalue weighted by Gasteiger charge is -2.38. The number of carbonyl (C=O) groups is 1. The van der Waals surface area contributed by atoms with Crippen molar-refractivity contribution < 1.29 is 36.2 Å². The fourth-order valence-electron chi connectivity index (χ4n) is 3.54. The van der Waals surface area contributed by atoms with E-state index in [-0.39, 0.29) is 37.4 Å². The van der Waals surface area contributed by atoms with Crippen LogP contribution in [0.3, 0.4) is 0 Å². The van der Waals surface area contributed by atoms with Crippen LogP contribution < -0.4 is 4.90 Å². The molecule has 0 aromatic heterocycles. The number of rotatable bonds is 7. The molecule has 33 heavy (non-hydrogen) atoms. The summed E-state index contributed by atoms with van der Waals surface area (Å²) in [5.74, 6) is -1.33. The lowest BCUT2D eigenvalue weighted by atomic mass is 10.1. The molecule has 0 amide bonds. The zero-order valence-corrected chi connectivity index (χ0v) is 18.9. The Balaban J connectivity index is 1.85. The third kappa shape index (κ3) is 5.48. The monoisotopic (exact) mass is 486 g/mol. The SMILES string of the molecule is CC(C)(OC(c1ccccc1)S(=O)(=O)N1CCN(c2ccccc2C(F)(F)F)CC1)C(=O)O. The van der Waals surface area contributed by atoms with Crippen molar-refractivity contribution in [2.45, 2.75) is 31.1 Å². The minimum absolute atomic E-state index is 0.00934. The quantitative estimate of drug-likeness (QED) is 0.642. The summed E-state index contributed by atoms with van der Waals surface area (Å²) < 4.78 is 73.8. The summed E-state index contributed by atoms with van der Waals surface area (Å²) in [6.07, 6.45) is -4.53. The van der Waals surface area contributed by atoms with Gasteiger partial charge in [0.25, 0.3) is 0 Å². The number of anilines is 1. The van der Waals surface area contributed by atoms with Gasteiger partial charge in [-0.2, -0.15) is 17.5 Å². The molecule has 1 unspecified atom stereocenters. The molecule has 0 radical (unpaired) electrons. The van der Waals surface area contributed by atoms with Gasteiger partial charge in [-0.05, 0) is 31.5 Å². The first-order chi connectivity index (χ1) is 15.3. The molecule has 1 saturated heterocycles. The Hall–Kier alpha value is -2.63. The van der Waals surface area contributed by atoms with Gasteiger partial charge in [0.05, 0.1) is 5.56 Å². The standard InChI is InChI=1S/C22H25F3N2O5S/c1-21(2,20(28)29)32-19(16-8-4-3-5-9-16)33(30,31)27-14-12-26(13-15-27)18-11-7-6-10-17(18)22(23,24)25/h3-11,19H,12-15H2,1-2H3,(H,28,29). The Morgan fingerprint density at radius 2 is 1.52 bits per heavy atom. The largest absolute Gasteiger partial charge is 0.479 e. The van der Waals surface area contributed by atoms with Gasteiger partial charge in [0.2, 0.25) is 10.0 Å². The van der Waals surface area contributed by atoms with E-state index in [1.807, 2.05) is 0 Å². The second-order valence-corrected chi connectivity index (χ2v) is 10.1. The summed E-state index contributed by atoms with van der Waals surface area (Å²) in [6.45, 7) is 2.44. The summed E-state index contributed by atoms with van der Waals surface area (Å²) in [7, 11) is -4.19. The van der Waals surface area contributed by atoms with Gasteiger partial charge in [-0.1, -0.05) is 42.5 Å². The molecule has 3 rings (SSSR count). The van der Waals surface area contributed by atoms with Crippen molar-refractivity contribution in [3.8, 4) is 0 Å². The van der Waals surface area contributed by atoms with Crippen LogP contribution in [0.25, 0.3) is 0 Å². The summed E-state index contributed by atoms with van der Waals surface area (Å²) in [5.41, 5.74) is -3.91. The average Bonchev–Trinajstić information content (AvgIpc) is 2.77. The number of carboxylic acids is 1. The number of halogens is 3. The number of benzene rings is 2. The van der Waals surface area contributed by atoms with E-state index in [9.17, 15) is 31.5 Å². The smallest absolute Gasteiger partial charge is 0.418 e. The van der Waals surface area contributed by atoms with Crippen molar-refractivity contribution in [2.24, 2.45) is 0 Å². The summed E-state index contributed by atoms with van der Waals surface area (Å²) in [6, 6.07) is 13.1. The van der Waals surface area contributed by atoms with E-state index in [1.54, 1.807) is 18.2 Å². The second-order valence-electron chi connectivity index (χ2n) is 8.12. The third-order valence-corrected chi connectivity index (χ3v) is 7.40. The van der Waals surface area contributed by atoms with Crippen LogP contribution in [0.15, 0.2) is 54.6 Å². The van der Waals surface area contributed by atoms with E-state index >= 15 is 0 Å². The summed E-state index contributed by atoms with van der Waals surface area (Å²) in [4.78, 5) is 13.1. The molecule has 180 valence electrons. The minimum atomic E-state index is -4.53. The number of ether oxygens (including phenoxy) is 1. The predicted molar refractivity (Wildman–Crippen MR) is 116 cm³/mol. The molecule has 0 saturated carbocycles. The Morgan fingerprint density at radius 3 is 2.06 bits per heavy atom. The van der Waals surface area contributed by atoms with Crippen LogP contribution in [0.4, 0.5) is 18.9 Å². The second kappa shape index (κ2) is 9.32. The number of aliphatic carboxylic acids is 1. The molecule has 11 heteroatoms. The van der Waals surface area contributed by atoms with Gasteiger partial charge in [0.1, 0.15) is 0 Å². The fraction of sp³-hybridized carbons (Fsp3) is 0.409. The Kier molecular flexibility index (Phi) is 7.06. The van der Waals surface area contributed by atoms with Crippen molar-refractivity contribution in [3.63, 3.8) is 0 Å². The van der Waals surface area contributed by atoms with Gasteiger partial charge in [-0.25, -0.2) is 13.2 Å². The van der Waals surface area contributed by atoms with Crippen LogP contribution in [0.2, 0.25) is 0 Å². The lowest BCUT2D eigenvalue weighted by molar-refractivity contribution is -0.163. The topological polar surface area (TPSA) is 87.2 Å². The normalized spacial score (nSPS) is 17.1. The van der Waals surface area contributed by atoms with Crippen LogP contribution in [0, 0.1) is 0 Å². The molecule has 0 bridgehead atoms. The highest BCUT2D eigenvalue weighted by Crippen LogP contribution is 2.37. The first kappa shape index (κ1) is 25.0. The Morgan fingerprint density at radius 1 is 0.970 bits per heavy atom. The Labute approximate surface area is 190 Å². The van der Waals surface area contributed by atoms with Crippen LogP contribution >= 0.6 is 0 Å². The molecule has 0 spiro atoms. The third-order valence-electron chi connectivity index (χ3n) is 5.41. The highest BCUT2D eigenvalue weighted by atomic mass is 32.2. The number of alkyl halides is 3. The molecule has 1 atom stereocenters. The molecule has 0 aliphatic carbocycles. The van der Waals surface area contributed by atoms with Gasteiger partial charge in [-0.3, -0.25) is 0 Å².